The maximum atomic E-state index is 11.7. The lowest BCUT2D eigenvalue weighted by molar-refractivity contribution is -0.142. The summed E-state index contributed by atoms with van der Waals surface area (Å²) in [6.45, 7) is 28.3. The van der Waals surface area contributed by atoms with Crippen LogP contribution >= 0.6 is 0 Å². The molecule has 0 saturated carbocycles. The van der Waals surface area contributed by atoms with E-state index in [1.165, 1.54) is 0 Å². The van der Waals surface area contributed by atoms with Crippen molar-refractivity contribution in [2.24, 2.45) is 0 Å². The Morgan fingerprint density at radius 3 is 1.73 bits per heavy atom. The molecule has 0 aromatic heterocycles. The first-order valence-corrected chi connectivity index (χ1v) is 23.6. The summed E-state index contributed by atoms with van der Waals surface area (Å²) in [5.74, 6) is -0.395. The lowest BCUT2D eigenvalue weighted by Crippen LogP contribution is -2.52. The van der Waals surface area contributed by atoms with E-state index in [4.69, 9.17) is 22.1 Å². The van der Waals surface area contributed by atoms with Gasteiger partial charge in [0.25, 0.3) is 0 Å². The molecule has 0 spiro atoms. The summed E-state index contributed by atoms with van der Waals surface area (Å²) in [6, 6.07) is 0.908. The Kier molecular flexibility index (Phi) is 12.2. The van der Waals surface area contributed by atoms with Crippen molar-refractivity contribution in [2.75, 3.05) is 19.8 Å². The normalized spacial score (nSPS) is 14.5. The van der Waals surface area contributed by atoms with Crippen LogP contribution in [0.3, 0.4) is 0 Å². The van der Waals surface area contributed by atoms with Crippen LogP contribution in [0.1, 0.15) is 13.3 Å². The number of hydrogen-bond acceptors (Lipinski definition) is 6. The molecule has 0 heterocycles. The predicted molar refractivity (Wildman–Crippen MR) is 135 cm³/mol. The molecule has 178 valence electrons. The molecule has 0 aliphatic rings. The van der Waals surface area contributed by atoms with Gasteiger partial charge < -0.3 is 22.1 Å². The minimum absolute atomic E-state index is 0.180. The summed E-state index contributed by atoms with van der Waals surface area (Å²) in [7, 11) is -7.41. The van der Waals surface area contributed by atoms with Crippen molar-refractivity contribution >= 4 is 39.5 Å². The van der Waals surface area contributed by atoms with Gasteiger partial charge in [-0.1, -0.05) is 6.58 Å². The van der Waals surface area contributed by atoms with Crippen LogP contribution in [-0.4, -0.2) is 65.4 Å². The van der Waals surface area contributed by atoms with E-state index in [1.807, 2.05) is 0 Å². The SMILES string of the molecule is C=C(C)C(=O)OCC(COCCC[Si](C)(O[Si](C)(C)C)O[Si](C)(C)C)O[Si](C)(C)C. The highest BCUT2D eigenvalue weighted by atomic mass is 28.5. The van der Waals surface area contributed by atoms with Gasteiger partial charge in [0.05, 0.1) is 6.61 Å². The van der Waals surface area contributed by atoms with Crippen LogP contribution in [0.5, 0.6) is 0 Å². The van der Waals surface area contributed by atoms with Gasteiger partial charge in [0, 0.05) is 12.2 Å². The average Bonchev–Trinajstić information content (AvgIpc) is 2.46. The van der Waals surface area contributed by atoms with Crippen molar-refractivity contribution in [2.45, 2.75) is 91.0 Å². The van der Waals surface area contributed by atoms with E-state index in [2.05, 4.69) is 72.0 Å². The van der Waals surface area contributed by atoms with E-state index in [0.29, 0.717) is 18.8 Å². The molecule has 0 aromatic carbocycles. The number of esters is 1. The van der Waals surface area contributed by atoms with Crippen molar-refractivity contribution in [3.63, 3.8) is 0 Å². The van der Waals surface area contributed by atoms with Crippen LogP contribution in [0.4, 0.5) is 0 Å². The van der Waals surface area contributed by atoms with Gasteiger partial charge in [0.15, 0.2) is 25.0 Å². The maximum absolute atomic E-state index is 11.7. The zero-order chi connectivity index (χ0) is 23.8. The molecule has 0 rings (SSSR count). The highest BCUT2D eigenvalue weighted by Gasteiger charge is 2.39. The van der Waals surface area contributed by atoms with Gasteiger partial charge in [-0.25, -0.2) is 4.79 Å². The fourth-order valence-corrected chi connectivity index (χ4v) is 16.7. The Bertz CT molecular complexity index is 533. The highest BCUT2D eigenvalue weighted by Crippen LogP contribution is 2.25. The first-order chi connectivity index (χ1) is 13.3. The molecular weight excluding hydrogens is 449 g/mol. The number of carbonyl (C=O) groups excluding carboxylic acids is 1. The maximum Gasteiger partial charge on any atom is 0.333 e. The minimum atomic E-state index is -2.24. The molecule has 0 aliphatic carbocycles. The topological polar surface area (TPSA) is 63.2 Å². The van der Waals surface area contributed by atoms with Gasteiger partial charge >= 0.3 is 14.5 Å². The van der Waals surface area contributed by atoms with Gasteiger partial charge in [-0.15, -0.1) is 0 Å². The predicted octanol–water partition coefficient (Wildman–Crippen LogP) is 5.51. The average molecular weight is 495 g/mol. The molecule has 1 unspecified atom stereocenters. The summed E-state index contributed by atoms with van der Waals surface area (Å²) < 4.78 is 30.4. The summed E-state index contributed by atoms with van der Waals surface area (Å²) in [4.78, 5) is 11.7. The standard InChI is InChI=1S/C20H46O6Si4/c1-18(2)20(21)23-17-19(24-27(3,4)5)16-22-14-13-15-30(12,25-28(6,7)8)26-29(9,10)11/h19H,1,13-17H2,2-12H3. The lowest BCUT2D eigenvalue weighted by Gasteiger charge is -2.38. The summed E-state index contributed by atoms with van der Waals surface area (Å²) in [6.07, 6.45) is 0.614. The van der Waals surface area contributed by atoms with Gasteiger partial charge in [0.1, 0.15) is 12.7 Å². The van der Waals surface area contributed by atoms with Crippen molar-refractivity contribution in [1.29, 1.82) is 0 Å². The Morgan fingerprint density at radius 1 is 0.833 bits per heavy atom. The number of hydrogen-bond donors (Lipinski definition) is 0. The zero-order valence-electron chi connectivity index (χ0n) is 21.3. The van der Waals surface area contributed by atoms with Crippen LogP contribution in [0.25, 0.3) is 0 Å². The third-order valence-corrected chi connectivity index (χ3v) is 14.2. The molecule has 0 aromatic rings. The Morgan fingerprint density at radius 2 is 1.33 bits per heavy atom. The largest absolute Gasteiger partial charge is 0.460 e. The van der Waals surface area contributed by atoms with Crippen molar-refractivity contribution < 1.29 is 26.9 Å². The summed E-state index contributed by atoms with van der Waals surface area (Å²) in [5.41, 5.74) is 0.386. The second-order valence-corrected chi connectivity index (χ2v) is 28.3. The van der Waals surface area contributed by atoms with Gasteiger partial charge in [-0.05, 0) is 84.9 Å². The molecule has 0 N–H and O–H groups in total. The molecule has 0 saturated heterocycles. The van der Waals surface area contributed by atoms with Crippen LogP contribution in [0, 0.1) is 0 Å². The third kappa shape index (κ3) is 16.6. The van der Waals surface area contributed by atoms with Crippen molar-refractivity contribution in [1.82, 2.24) is 0 Å². The summed E-state index contributed by atoms with van der Waals surface area (Å²) >= 11 is 0. The molecule has 0 bridgehead atoms. The minimum Gasteiger partial charge on any atom is -0.460 e. The van der Waals surface area contributed by atoms with Crippen LogP contribution in [-0.2, 0) is 26.9 Å². The summed E-state index contributed by atoms with van der Waals surface area (Å²) in [5, 5.41) is 0. The molecule has 0 fully saturated rings. The van der Waals surface area contributed by atoms with E-state index >= 15 is 0 Å². The highest BCUT2D eigenvalue weighted by molar-refractivity contribution is 6.87. The third-order valence-electron chi connectivity index (χ3n) is 3.54. The van der Waals surface area contributed by atoms with E-state index in [1.54, 1.807) is 6.92 Å². The fourth-order valence-electron chi connectivity index (χ4n) is 3.04. The molecule has 0 radical (unpaired) electrons. The first-order valence-electron chi connectivity index (χ1n) is 10.8. The van der Waals surface area contributed by atoms with Crippen molar-refractivity contribution in [3.05, 3.63) is 12.2 Å². The quantitative estimate of drug-likeness (QED) is 0.129. The van der Waals surface area contributed by atoms with E-state index in [0.717, 1.165) is 12.5 Å². The van der Waals surface area contributed by atoms with Crippen molar-refractivity contribution in [3.8, 4) is 0 Å². The monoisotopic (exact) mass is 494 g/mol. The second-order valence-electron chi connectivity index (χ2n) is 11.0. The molecule has 0 aliphatic heterocycles. The van der Waals surface area contributed by atoms with Crippen LogP contribution < -0.4 is 0 Å². The van der Waals surface area contributed by atoms with E-state index in [9.17, 15) is 4.79 Å². The van der Waals surface area contributed by atoms with E-state index < -0.39 is 39.5 Å². The van der Waals surface area contributed by atoms with Gasteiger partial charge in [0.2, 0.25) is 0 Å². The molecule has 10 heteroatoms. The lowest BCUT2D eigenvalue weighted by atomic mass is 10.3. The Hall–Kier alpha value is -0.0825. The molecule has 1 atom stereocenters. The Balaban J connectivity index is 4.70. The van der Waals surface area contributed by atoms with Crippen LogP contribution in [0.15, 0.2) is 12.2 Å². The second kappa shape index (κ2) is 12.2. The first kappa shape index (κ1) is 29.9. The molecular formula is C20H46O6Si4. The Labute approximate surface area is 189 Å². The molecule has 30 heavy (non-hydrogen) atoms. The smallest absolute Gasteiger partial charge is 0.333 e. The van der Waals surface area contributed by atoms with Gasteiger partial charge in [-0.3, -0.25) is 0 Å². The number of carbonyl (C=O) groups is 1. The zero-order valence-corrected chi connectivity index (χ0v) is 25.3. The molecule has 0 amide bonds. The van der Waals surface area contributed by atoms with Crippen LogP contribution in [0.2, 0.25) is 71.5 Å². The van der Waals surface area contributed by atoms with Gasteiger partial charge in [-0.2, -0.15) is 0 Å². The molecule has 6 nitrogen and oxygen atoms in total. The number of rotatable bonds is 15. The van der Waals surface area contributed by atoms with E-state index in [-0.39, 0.29) is 12.7 Å². The fraction of sp³-hybridized carbons (Fsp3) is 0.850. The number of ether oxygens (including phenoxy) is 2.